The SMILES string of the molecule is CC#CC(=O)NC1CCN(CCN2CCOCC2)C1. The minimum Gasteiger partial charge on any atom is -0.379 e. The zero-order valence-electron chi connectivity index (χ0n) is 11.7. The van der Waals surface area contributed by atoms with Crippen LogP contribution < -0.4 is 5.32 Å². The van der Waals surface area contributed by atoms with E-state index in [4.69, 9.17) is 4.74 Å². The number of likely N-dealkylation sites (tertiary alicyclic amines) is 1. The molecule has 19 heavy (non-hydrogen) atoms. The van der Waals surface area contributed by atoms with Gasteiger partial charge in [-0.2, -0.15) is 0 Å². The van der Waals surface area contributed by atoms with Crippen LogP contribution >= 0.6 is 0 Å². The summed E-state index contributed by atoms with van der Waals surface area (Å²) in [5, 5.41) is 2.96. The van der Waals surface area contributed by atoms with Crippen molar-refractivity contribution >= 4 is 5.91 Å². The van der Waals surface area contributed by atoms with Gasteiger partial charge in [-0.25, -0.2) is 0 Å². The molecule has 2 saturated heterocycles. The number of amides is 1. The summed E-state index contributed by atoms with van der Waals surface area (Å²) in [6, 6.07) is 0.262. The van der Waals surface area contributed by atoms with Crippen molar-refractivity contribution in [3.8, 4) is 11.8 Å². The Hall–Kier alpha value is -1.09. The zero-order valence-corrected chi connectivity index (χ0v) is 11.7. The Morgan fingerprint density at radius 3 is 2.74 bits per heavy atom. The van der Waals surface area contributed by atoms with E-state index in [9.17, 15) is 4.79 Å². The van der Waals surface area contributed by atoms with Gasteiger partial charge in [-0.05, 0) is 19.3 Å². The molecule has 0 radical (unpaired) electrons. The number of nitrogens with one attached hydrogen (secondary N) is 1. The number of carbonyl (C=O) groups excluding carboxylic acids is 1. The molecule has 1 amide bonds. The lowest BCUT2D eigenvalue weighted by Gasteiger charge is -2.28. The molecular formula is C14H23N3O2. The molecule has 1 atom stereocenters. The third-order valence-corrected chi connectivity index (χ3v) is 3.68. The smallest absolute Gasteiger partial charge is 0.296 e. The minimum atomic E-state index is -0.150. The van der Waals surface area contributed by atoms with Gasteiger partial charge < -0.3 is 10.1 Å². The molecule has 1 unspecified atom stereocenters. The fraction of sp³-hybridized carbons (Fsp3) is 0.786. The quantitative estimate of drug-likeness (QED) is 0.698. The summed E-state index contributed by atoms with van der Waals surface area (Å²) in [6.45, 7) is 9.66. The summed E-state index contributed by atoms with van der Waals surface area (Å²) < 4.78 is 5.34. The Labute approximate surface area is 115 Å². The number of hydrogen-bond acceptors (Lipinski definition) is 4. The Kier molecular flexibility index (Phi) is 5.64. The van der Waals surface area contributed by atoms with Crippen LogP contribution in [0.4, 0.5) is 0 Å². The van der Waals surface area contributed by atoms with E-state index in [0.29, 0.717) is 0 Å². The molecule has 2 heterocycles. The molecule has 0 saturated carbocycles. The van der Waals surface area contributed by atoms with E-state index < -0.39 is 0 Å². The fourth-order valence-corrected chi connectivity index (χ4v) is 2.60. The molecule has 0 aromatic carbocycles. The molecule has 2 aliphatic heterocycles. The zero-order chi connectivity index (χ0) is 13.5. The summed E-state index contributed by atoms with van der Waals surface area (Å²) in [6.07, 6.45) is 1.03. The van der Waals surface area contributed by atoms with Crippen molar-refractivity contribution in [3.05, 3.63) is 0 Å². The predicted octanol–water partition coefficient (Wildman–Crippen LogP) is -0.468. The third kappa shape index (κ3) is 4.83. The first-order chi connectivity index (χ1) is 9.28. The maximum atomic E-state index is 11.4. The van der Waals surface area contributed by atoms with Crippen LogP contribution in [0.5, 0.6) is 0 Å². The van der Waals surface area contributed by atoms with E-state index in [0.717, 1.165) is 58.9 Å². The number of morpholine rings is 1. The minimum absolute atomic E-state index is 0.150. The van der Waals surface area contributed by atoms with Gasteiger partial charge in [0.2, 0.25) is 0 Å². The second-order valence-corrected chi connectivity index (χ2v) is 5.09. The molecular weight excluding hydrogens is 242 g/mol. The van der Waals surface area contributed by atoms with Gasteiger partial charge in [0.25, 0.3) is 5.91 Å². The standard InChI is InChI=1S/C14H23N3O2/c1-2-3-14(18)15-13-4-5-17(12-13)7-6-16-8-10-19-11-9-16/h13H,4-12H2,1H3,(H,15,18). The molecule has 2 aliphatic rings. The van der Waals surface area contributed by atoms with Gasteiger partial charge in [0.05, 0.1) is 13.2 Å². The average Bonchev–Trinajstić information content (AvgIpc) is 2.85. The van der Waals surface area contributed by atoms with E-state index in [1.807, 2.05) is 0 Å². The van der Waals surface area contributed by atoms with Crippen LogP contribution in [-0.4, -0.2) is 74.2 Å². The van der Waals surface area contributed by atoms with Crippen LogP contribution in [0.15, 0.2) is 0 Å². The lowest BCUT2D eigenvalue weighted by atomic mass is 10.2. The molecule has 0 bridgehead atoms. The van der Waals surface area contributed by atoms with Crippen molar-refractivity contribution in [2.24, 2.45) is 0 Å². The highest BCUT2D eigenvalue weighted by molar-refractivity contribution is 5.93. The second kappa shape index (κ2) is 7.49. The first-order valence-corrected chi connectivity index (χ1v) is 7.03. The molecule has 5 heteroatoms. The van der Waals surface area contributed by atoms with Crippen LogP contribution in [0.1, 0.15) is 13.3 Å². The third-order valence-electron chi connectivity index (χ3n) is 3.68. The number of nitrogens with zero attached hydrogens (tertiary/aromatic N) is 2. The monoisotopic (exact) mass is 265 g/mol. The lowest BCUT2D eigenvalue weighted by molar-refractivity contribution is -0.116. The van der Waals surface area contributed by atoms with Gasteiger partial charge in [-0.15, -0.1) is 0 Å². The topological polar surface area (TPSA) is 44.8 Å². The number of rotatable bonds is 4. The van der Waals surface area contributed by atoms with Crippen molar-refractivity contribution in [2.75, 3.05) is 52.5 Å². The first kappa shape index (κ1) is 14.3. The molecule has 2 rings (SSSR count). The molecule has 0 aliphatic carbocycles. The van der Waals surface area contributed by atoms with Gasteiger partial charge in [-0.3, -0.25) is 14.6 Å². The maximum Gasteiger partial charge on any atom is 0.296 e. The summed E-state index contributed by atoms with van der Waals surface area (Å²) in [5.74, 6) is 5.01. The van der Waals surface area contributed by atoms with Gasteiger partial charge in [0.15, 0.2) is 0 Å². The average molecular weight is 265 g/mol. The molecule has 2 fully saturated rings. The number of carbonyl (C=O) groups is 1. The normalized spacial score (nSPS) is 24.8. The van der Waals surface area contributed by atoms with E-state index >= 15 is 0 Å². The number of ether oxygens (including phenoxy) is 1. The van der Waals surface area contributed by atoms with Crippen molar-refractivity contribution in [1.29, 1.82) is 0 Å². The predicted molar refractivity (Wildman–Crippen MR) is 73.7 cm³/mol. The van der Waals surface area contributed by atoms with Crippen molar-refractivity contribution in [1.82, 2.24) is 15.1 Å². The highest BCUT2D eigenvalue weighted by atomic mass is 16.5. The lowest BCUT2D eigenvalue weighted by Crippen LogP contribution is -2.42. The highest BCUT2D eigenvalue weighted by Crippen LogP contribution is 2.09. The van der Waals surface area contributed by atoms with Gasteiger partial charge in [0, 0.05) is 45.3 Å². The van der Waals surface area contributed by atoms with Gasteiger partial charge in [0.1, 0.15) is 0 Å². The molecule has 0 aromatic heterocycles. The van der Waals surface area contributed by atoms with Crippen molar-refractivity contribution < 1.29 is 9.53 Å². The van der Waals surface area contributed by atoms with E-state index in [1.54, 1.807) is 6.92 Å². The molecule has 0 spiro atoms. The summed E-state index contributed by atoms with van der Waals surface area (Å²) in [4.78, 5) is 16.2. The van der Waals surface area contributed by atoms with Crippen molar-refractivity contribution in [3.63, 3.8) is 0 Å². The number of hydrogen-bond donors (Lipinski definition) is 1. The first-order valence-electron chi connectivity index (χ1n) is 7.03. The summed E-state index contributed by atoms with van der Waals surface area (Å²) >= 11 is 0. The largest absolute Gasteiger partial charge is 0.379 e. The van der Waals surface area contributed by atoms with Gasteiger partial charge in [-0.1, -0.05) is 5.92 Å². The molecule has 106 valence electrons. The van der Waals surface area contributed by atoms with Gasteiger partial charge >= 0.3 is 0 Å². The second-order valence-electron chi connectivity index (χ2n) is 5.09. The highest BCUT2D eigenvalue weighted by Gasteiger charge is 2.23. The Morgan fingerprint density at radius 2 is 2.00 bits per heavy atom. The Morgan fingerprint density at radius 1 is 1.26 bits per heavy atom. The van der Waals surface area contributed by atoms with Crippen LogP contribution in [0, 0.1) is 11.8 Å². The van der Waals surface area contributed by atoms with Crippen LogP contribution in [0.3, 0.4) is 0 Å². The molecule has 5 nitrogen and oxygen atoms in total. The van der Waals surface area contributed by atoms with E-state index in [1.165, 1.54) is 0 Å². The molecule has 1 N–H and O–H groups in total. The van der Waals surface area contributed by atoms with E-state index in [2.05, 4.69) is 27.0 Å². The fourth-order valence-electron chi connectivity index (χ4n) is 2.60. The van der Waals surface area contributed by atoms with Crippen LogP contribution in [-0.2, 0) is 9.53 Å². The van der Waals surface area contributed by atoms with E-state index in [-0.39, 0.29) is 11.9 Å². The Balaban J connectivity index is 1.63. The molecule has 0 aromatic rings. The van der Waals surface area contributed by atoms with Crippen molar-refractivity contribution in [2.45, 2.75) is 19.4 Å². The summed E-state index contributed by atoms with van der Waals surface area (Å²) in [7, 11) is 0. The van der Waals surface area contributed by atoms with Crippen LogP contribution in [0.25, 0.3) is 0 Å². The van der Waals surface area contributed by atoms with Crippen LogP contribution in [0.2, 0.25) is 0 Å². The summed E-state index contributed by atoms with van der Waals surface area (Å²) in [5.41, 5.74) is 0. The Bertz CT molecular complexity index is 355. The maximum absolute atomic E-state index is 11.4.